The molecule has 27 heavy (non-hydrogen) atoms. The molecule has 0 spiro atoms. The van der Waals surface area contributed by atoms with Gasteiger partial charge in [-0.05, 0) is 35.8 Å². The molecule has 1 saturated carbocycles. The van der Waals surface area contributed by atoms with Gasteiger partial charge in [0.1, 0.15) is 0 Å². The summed E-state index contributed by atoms with van der Waals surface area (Å²) >= 11 is 0. The predicted molar refractivity (Wildman–Crippen MR) is 103 cm³/mol. The molecule has 2 aromatic carbocycles. The highest BCUT2D eigenvalue weighted by Crippen LogP contribution is 2.44. The van der Waals surface area contributed by atoms with Crippen molar-refractivity contribution in [1.29, 1.82) is 0 Å². The topological polar surface area (TPSA) is 57.6 Å². The molecule has 140 valence electrons. The molecule has 0 bridgehead atoms. The van der Waals surface area contributed by atoms with Gasteiger partial charge in [-0.15, -0.1) is 0 Å². The minimum Gasteiger partial charge on any atom is -0.481 e. The van der Waals surface area contributed by atoms with Crippen molar-refractivity contribution in [3.8, 4) is 0 Å². The summed E-state index contributed by atoms with van der Waals surface area (Å²) in [6.07, 6.45) is 2.58. The zero-order valence-electron chi connectivity index (χ0n) is 15.3. The van der Waals surface area contributed by atoms with Gasteiger partial charge < -0.3 is 10.0 Å². The second-order valence-corrected chi connectivity index (χ2v) is 7.82. The quantitative estimate of drug-likeness (QED) is 0.850. The summed E-state index contributed by atoms with van der Waals surface area (Å²) in [5, 5.41) is 9.56. The summed E-state index contributed by atoms with van der Waals surface area (Å²) in [4.78, 5) is 26.5. The third kappa shape index (κ3) is 3.90. The van der Waals surface area contributed by atoms with Gasteiger partial charge in [0.25, 0.3) is 0 Å². The number of hydrogen-bond donors (Lipinski definition) is 1. The van der Waals surface area contributed by atoms with Gasteiger partial charge in [-0.25, -0.2) is 0 Å². The third-order valence-electron chi connectivity index (χ3n) is 6.05. The van der Waals surface area contributed by atoms with Crippen molar-refractivity contribution in [2.45, 2.75) is 25.2 Å². The Morgan fingerprint density at radius 3 is 1.96 bits per heavy atom. The monoisotopic (exact) mass is 363 g/mol. The van der Waals surface area contributed by atoms with Crippen LogP contribution in [0.4, 0.5) is 0 Å². The fraction of sp³-hybridized carbons (Fsp3) is 0.391. The van der Waals surface area contributed by atoms with Gasteiger partial charge in [0.05, 0.1) is 5.92 Å². The number of carboxylic acids is 1. The number of carbonyl (C=O) groups is 2. The van der Waals surface area contributed by atoms with Crippen molar-refractivity contribution < 1.29 is 14.7 Å². The van der Waals surface area contributed by atoms with Crippen molar-refractivity contribution in [2.24, 2.45) is 17.8 Å². The molecule has 2 aromatic rings. The zero-order valence-corrected chi connectivity index (χ0v) is 15.3. The maximum Gasteiger partial charge on any atom is 0.308 e. The number of amides is 1. The maximum absolute atomic E-state index is 13.1. The van der Waals surface area contributed by atoms with Gasteiger partial charge in [-0.3, -0.25) is 9.59 Å². The van der Waals surface area contributed by atoms with Gasteiger partial charge in [-0.1, -0.05) is 60.7 Å². The number of aliphatic carboxylic acids is 1. The van der Waals surface area contributed by atoms with E-state index >= 15 is 0 Å². The molecule has 1 saturated heterocycles. The summed E-state index contributed by atoms with van der Waals surface area (Å²) < 4.78 is 0. The number of nitrogens with zero attached hydrogens (tertiary/aromatic N) is 1. The van der Waals surface area contributed by atoms with Crippen LogP contribution in [0.25, 0.3) is 0 Å². The third-order valence-corrected chi connectivity index (χ3v) is 6.05. The summed E-state index contributed by atoms with van der Waals surface area (Å²) in [5.41, 5.74) is 2.23. The fourth-order valence-corrected chi connectivity index (χ4v) is 4.40. The van der Waals surface area contributed by atoms with Crippen LogP contribution in [-0.4, -0.2) is 35.0 Å². The SMILES string of the molecule is O=C(O)[C@H]1CN(C(=O)CC(c2ccccc2)c2ccccc2)C[C@@H]1C1CC1. The summed E-state index contributed by atoms with van der Waals surface area (Å²) in [6, 6.07) is 20.2. The van der Waals surface area contributed by atoms with E-state index in [0.29, 0.717) is 25.4 Å². The van der Waals surface area contributed by atoms with Gasteiger partial charge in [-0.2, -0.15) is 0 Å². The average Bonchev–Trinajstić information content (AvgIpc) is 3.45. The molecule has 4 rings (SSSR count). The molecule has 1 heterocycles. The van der Waals surface area contributed by atoms with Gasteiger partial charge >= 0.3 is 5.97 Å². The number of rotatable bonds is 6. The van der Waals surface area contributed by atoms with E-state index in [2.05, 4.69) is 24.3 Å². The highest BCUT2D eigenvalue weighted by Gasteiger charge is 2.46. The standard InChI is InChI=1S/C23H25NO3/c25-22(24-14-20(18-11-12-18)21(15-24)23(26)27)13-19(16-7-3-1-4-8-16)17-9-5-2-6-10-17/h1-10,18-21H,11-15H2,(H,26,27)/t20-,21+/m1/s1. The number of hydrogen-bond acceptors (Lipinski definition) is 2. The van der Waals surface area contributed by atoms with Crippen LogP contribution in [0.1, 0.15) is 36.3 Å². The van der Waals surface area contributed by atoms with Crippen molar-refractivity contribution in [3.63, 3.8) is 0 Å². The van der Waals surface area contributed by atoms with Gasteiger partial charge in [0.2, 0.25) is 5.91 Å². The molecule has 1 aliphatic carbocycles. The Bertz CT molecular complexity index is 761. The van der Waals surface area contributed by atoms with Crippen molar-refractivity contribution in [3.05, 3.63) is 71.8 Å². The first-order valence-electron chi connectivity index (χ1n) is 9.74. The van der Waals surface area contributed by atoms with E-state index in [4.69, 9.17) is 0 Å². The first kappa shape index (κ1) is 17.8. The first-order valence-corrected chi connectivity index (χ1v) is 9.74. The predicted octanol–water partition coefficient (Wildman–Crippen LogP) is 3.78. The molecule has 0 radical (unpaired) electrons. The Kier molecular flexibility index (Phi) is 4.97. The lowest BCUT2D eigenvalue weighted by molar-refractivity contribution is -0.142. The molecule has 0 aromatic heterocycles. The highest BCUT2D eigenvalue weighted by molar-refractivity contribution is 5.80. The van der Waals surface area contributed by atoms with Crippen molar-refractivity contribution >= 4 is 11.9 Å². The molecule has 1 N–H and O–H groups in total. The second kappa shape index (κ2) is 7.55. The van der Waals surface area contributed by atoms with Gasteiger partial charge in [0.15, 0.2) is 0 Å². The number of carboxylic acid groups (broad SMARTS) is 1. The van der Waals surface area contributed by atoms with Crippen LogP contribution in [0.2, 0.25) is 0 Å². The fourth-order valence-electron chi connectivity index (χ4n) is 4.40. The van der Waals surface area contributed by atoms with Crippen LogP contribution in [0.3, 0.4) is 0 Å². The molecule has 1 aliphatic heterocycles. The van der Waals surface area contributed by atoms with Crippen molar-refractivity contribution in [1.82, 2.24) is 4.90 Å². The van der Waals surface area contributed by atoms with Crippen LogP contribution in [0, 0.1) is 17.8 Å². The lowest BCUT2D eigenvalue weighted by Gasteiger charge is -2.22. The Labute approximate surface area is 159 Å². The van der Waals surface area contributed by atoms with E-state index in [9.17, 15) is 14.7 Å². The Hall–Kier alpha value is -2.62. The zero-order chi connectivity index (χ0) is 18.8. The molecule has 2 aliphatic rings. The lowest BCUT2D eigenvalue weighted by atomic mass is 9.88. The van der Waals surface area contributed by atoms with E-state index in [1.807, 2.05) is 36.4 Å². The lowest BCUT2D eigenvalue weighted by Crippen LogP contribution is -2.31. The summed E-state index contributed by atoms with van der Waals surface area (Å²) in [7, 11) is 0. The largest absolute Gasteiger partial charge is 0.481 e. The maximum atomic E-state index is 13.1. The first-order chi connectivity index (χ1) is 13.1. The minimum absolute atomic E-state index is 0.0110. The van der Waals surface area contributed by atoms with Crippen LogP contribution in [-0.2, 0) is 9.59 Å². The molecular weight excluding hydrogens is 338 g/mol. The Morgan fingerprint density at radius 2 is 1.48 bits per heavy atom. The van der Waals surface area contributed by atoms with Crippen LogP contribution in [0.15, 0.2) is 60.7 Å². The van der Waals surface area contributed by atoms with Crippen LogP contribution >= 0.6 is 0 Å². The molecule has 4 heteroatoms. The van der Waals surface area contributed by atoms with E-state index in [1.165, 1.54) is 0 Å². The second-order valence-electron chi connectivity index (χ2n) is 7.82. The Balaban J connectivity index is 1.53. The average molecular weight is 363 g/mol. The molecule has 2 atom stereocenters. The Morgan fingerprint density at radius 1 is 0.926 bits per heavy atom. The molecule has 0 unspecified atom stereocenters. The van der Waals surface area contributed by atoms with E-state index < -0.39 is 11.9 Å². The van der Waals surface area contributed by atoms with Crippen molar-refractivity contribution in [2.75, 3.05) is 13.1 Å². The summed E-state index contributed by atoms with van der Waals surface area (Å²) in [5.74, 6) is -0.509. The number of benzene rings is 2. The number of carbonyl (C=O) groups excluding carboxylic acids is 1. The van der Waals surface area contributed by atoms with Crippen LogP contribution < -0.4 is 0 Å². The number of likely N-dealkylation sites (tertiary alicyclic amines) is 1. The smallest absolute Gasteiger partial charge is 0.308 e. The van der Waals surface area contributed by atoms with E-state index in [1.54, 1.807) is 4.90 Å². The minimum atomic E-state index is -0.759. The van der Waals surface area contributed by atoms with Gasteiger partial charge in [0, 0.05) is 25.4 Å². The molecule has 1 amide bonds. The summed E-state index contributed by atoms with van der Waals surface area (Å²) in [6.45, 7) is 0.947. The van der Waals surface area contributed by atoms with E-state index in [-0.39, 0.29) is 17.7 Å². The molecule has 4 nitrogen and oxygen atoms in total. The van der Waals surface area contributed by atoms with Crippen LogP contribution in [0.5, 0.6) is 0 Å². The highest BCUT2D eigenvalue weighted by atomic mass is 16.4. The normalized spacial score (nSPS) is 22.2. The van der Waals surface area contributed by atoms with E-state index in [0.717, 1.165) is 24.0 Å². The molecular formula is C23H25NO3. The molecule has 2 fully saturated rings.